The van der Waals surface area contributed by atoms with Gasteiger partial charge in [-0.05, 0) is 35.8 Å². The minimum absolute atomic E-state index is 0.194. The van der Waals surface area contributed by atoms with Gasteiger partial charge in [0.25, 0.3) is 0 Å². The second-order valence-electron chi connectivity index (χ2n) is 6.89. The molecule has 1 unspecified atom stereocenters. The van der Waals surface area contributed by atoms with Gasteiger partial charge < -0.3 is 5.32 Å². The molecule has 1 saturated heterocycles. The zero-order valence-electron chi connectivity index (χ0n) is 12.2. The molecule has 1 aromatic rings. The zero-order valence-corrected chi connectivity index (χ0v) is 13.0. The van der Waals surface area contributed by atoms with Crippen molar-refractivity contribution in [3.63, 3.8) is 0 Å². The van der Waals surface area contributed by atoms with Gasteiger partial charge in [-0.25, -0.2) is 8.42 Å². The summed E-state index contributed by atoms with van der Waals surface area (Å²) in [7, 11) is -2.78. The van der Waals surface area contributed by atoms with E-state index in [1.54, 1.807) is 0 Å². The molecular formula is C16H23NO2S. The first-order valence-corrected chi connectivity index (χ1v) is 9.24. The van der Waals surface area contributed by atoms with Crippen LogP contribution >= 0.6 is 0 Å². The average molecular weight is 293 g/mol. The minimum Gasteiger partial charge on any atom is -0.307 e. The third kappa shape index (κ3) is 2.63. The molecule has 1 atom stereocenters. The van der Waals surface area contributed by atoms with Crippen molar-refractivity contribution in [2.45, 2.75) is 45.2 Å². The van der Waals surface area contributed by atoms with E-state index in [0.717, 1.165) is 19.3 Å². The molecule has 3 nitrogen and oxygen atoms in total. The van der Waals surface area contributed by atoms with Gasteiger partial charge in [-0.2, -0.15) is 0 Å². The van der Waals surface area contributed by atoms with Crippen molar-refractivity contribution in [2.75, 3.05) is 11.5 Å². The largest absolute Gasteiger partial charge is 0.307 e. The highest BCUT2D eigenvalue weighted by atomic mass is 32.2. The van der Waals surface area contributed by atoms with Crippen LogP contribution in [0.25, 0.3) is 0 Å². The van der Waals surface area contributed by atoms with Crippen LogP contribution in [0.3, 0.4) is 0 Å². The van der Waals surface area contributed by atoms with Crippen LogP contribution in [0.4, 0.5) is 0 Å². The van der Waals surface area contributed by atoms with Crippen molar-refractivity contribution in [2.24, 2.45) is 5.41 Å². The number of fused-ring (bicyclic) bond motifs is 1. The number of nitrogens with one attached hydrogen (secondary N) is 1. The molecule has 1 fully saturated rings. The van der Waals surface area contributed by atoms with Gasteiger partial charge in [0.1, 0.15) is 9.84 Å². The second kappa shape index (κ2) is 4.85. The number of hydrogen-bond donors (Lipinski definition) is 1. The van der Waals surface area contributed by atoms with Crippen LogP contribution in [0.1, 0.15) is 43.9 Å². The molecule has 0 radical (unpaired) electrons. The number of rotatable bonds is 2. The van der Waals surface area contributed by atoms with Gasteiger partial charge in [-0.3, -0.25) is 0 Å². The molecule has 1 heterocycles. The maximum atomic E-state index is 11.5. The lowest BCUT2D eigenvalue weighted by Crippen LogP contribution is -2.42. The highest BCUT2D eigenvalue weighted by Gasteiger charge is 2.40. The van der Waals surface area contributed by atoms with Crippen molar-refractivity contribution < 1.29 is 8.42 Å². The first-order valence-electron chi connectivity index (χ1n) is 7.42. The van der Waals surface area contributed by atoms with Crippen molar-refractivity contribution in [1.82, 2.24) is 5.32 Å². The lowest BCUT2D eigenvalue weighted by molar-refractivity contribution is 0.241. The quantitative estimate of drug-likeness (QED) is 0.911. The average Bonchev–Trinajstić information content (AvgIpc) is 2.63. The number of sulfone groups is 1. The van der Waals surface area contributed by atoms with Crippen molar-refractivity contribution >= 4 is 9.84 Å². The molecule has 0 amide bonds. The maximum absolute atomic E-state index is 11.5. The summed E-state index contributed by atoms with van der Waals surface area (Å²) in [4.78, 5) is 0. The molecule has 3 rings (SSSR count). The van der Waals surface area contributed by atoms with Gasteiger partial charge in [0.2, 0.25) is 0 Å². The van der Waals surface area contributed by atoms with Gasteiger partial charge in [-0.15, -0.1) is 0 Å². The third-order valence-corrected chi connectivity index (χ3v) is 6.47. The van der Waals surface area contributed by atoms with Crippen molar-refractivity contribution in [3.05, 3.63) is 35.4 Å². The van der Waals surface area contributed by atoms with E-state index in [-0.39, 0.29) is 5.41 Å². The van der Waals surface area contributed by atoms with Crippen LogP contribution in [0.2, 0.25) is 0 Å². The topological polar surface area (TPSA) is 46.2 Å². The lowest BCUT2D eigenvalue weighted by Gasteiger charge is -2.34. The van der Waals surface area contributed by atoms with Gasteiger partial charge in [0.15, 0.2) is 0 Å². The number of hydrogen-bond acceptors (Lipinski definition) is 3. The molecule has 0 spiro atoms. The molecule has 1 aromatic carbocycles. The second-order valence-corrected chi connectivity index (χ2v) is 9.19. The van der Waals surface area contributed by atoms with Gasteiger partial charge in [-0.1, -0.05) is 38.1 Å². The number of benzene rings is 1. The molecule has 1 N–H and O–H groups in total. The molecule has 0 aromatic heterocycles. The SMILES string of the molecule is CC1(C)Cc2ccccc2C1NC1CCS(=O)(=O)CC1. The lowest BCUT2D eigenvalue weighted by atomic mass is 9.84. The summed E-state index contributed by atoms with van der Waals surface area (Å²) in [5.41, 5.74) is 3.02. The van der Waals surface area contributed by atoms with E-state index in [1.165, 1.54) is 11.1 Å². The Morgan fingerprint density at radius 1 is 1.15 bits per heavy atom. The van der Waals surface area contributed by atoms with E-state index in [0.29, 0.717) is 23.6 Å². The van der Waals surface area contributed by atoms with E-state index in [9.17, 15) is 8.42 Å². The molecule has 4 heteroatoms. The molecular weight excluding hydrogens is 270 g/mol. The van der Waals surface area contributed by atoms with Crippen LogP contribution in [0.5, 0.6) is 0 Å². The van der Waals surface area contributed by atoms with E-state index >= 15 is 0 Å². The van der Waals surface area contributed by atoms with Gasteiger partial charge in [0, 0.05) is 12.1 Å². The molecule has 110 valence electrons. The van der Waals surface area contributed by atoms with Gasteiger partial charge in [0.05, 0.1) is 11.5 Å². The third-order valence-electron chi connectivity index (χ3n) is 4.75. The summed E-state index contributed by atoms with van der Waals surface area (Å²) in [5, 5.41) is 3.74. The Morgan fingerprint density at radius 3 is 2.50 bits per heavy atom. The summed E-state index contributed by atoms with van der Waals surface area (Å²) in [6.45, 7) is 4.59. The Labute approximate surface area is 121 Å². The monoisotopic (exact) mass is 293 g/mol. The standard InChI is InChI=1S/C16H23NO2S/c1-16(2)11-12-5-3-4-6-14(12)15(16)17-13-7-9-20(18,19)10-8-13/h3-6,13,15,17H,7-11H2,1-2H3. The molecule has 2 aliphatic rings. The summed E-state index contributed by atoms with van der Waals surface area (Å²) >= 11 is 0. The Kier molecular flexibility index (Phi) is 3.41. The molecule has 0 saturated carbocycles. The first kappa shape index (κ1) is 14.1. The fourth-order valence-corrected chi connectivity index (χ4v) is 5.09. The molecule has 0 bridgehead atoms. The van der Waals surface area contributed by atoms with Crippen LogP contribution in [0, 0.1) is 5.41 Å². The van der Waals surface area contributed by atoms with E-state index in [4.69, 9.17) is 0 Å². The zero-order chi connectivity index (χ0) is 14.4. The Hall–Kier alpha value is -0.870. The maximum Gasteiger partial charge on any atom is 0.150 e. The minimum atomic E-state index is -2.78. The first-order chi connectivity index (χ1) is 9.37. The fourth-order valence-electron chi connectivity index (χ4n) is 3.60. The summed E-state index contributed by atoms with van der Waals surface area (Å²) in [6, 6.07) is 9.29. The summed E-state index contributed by atoms with van der Waals surface area (Å²) < 4.78 is 23.1. The Bertz CT molecular complexity index is 593. The molecule has 20 heavy (non-hydrogen) atoms. The molecule has 1 aliphatic carbocycles. The van der Waals surface area contributed by atoms with Crippen LogP contribution in [0.15, 0.2) is 24.3 Å². The fraction of sp³-hybridized carbons (Fsp3) is 0.625. The van der Waals surface area contributed by atoms with Crippen LogP contribution in [-0.2, 0) is 16.3 Å². The highest BCUT2D eigenvalue weighted by Crippen LogP contribution is 2.45. The smallest absolute Gasteiger partial charge is 0.150 e. The Balaban J connectivity index is 1.77. The summed E-state index contributed by atoms with van der Waals surface area (Å²) in [6.07, 6.45) is 2.58. The predicted molar refractivity (Wildman–Crippen MR) is 81.5 cm³/mol. The van der Waals surface area contributed by atoms with Crippen molar-refractivity contribution in [3.8, 4) is 0 Å². The summed E-state index contributed by atoms with van der Waals surface area (Å²) in [5.74, 6) is 0.666. The van der Waals surface area contributed by atoms with E-state index in [1.807, 2.05) is 0 Å². The van der Waals surface area contributed by atoms with Gasteiger partial charge >= 0.3 is 0 Å². The van der Waals surface area contributed by atoms with Crippen molar-refractivity contribution in [1.29, 1.82) is 0 Å². The molecule has 1 aliphatic heterocycles. The van der Waals surface area contributed by atoms with Crippen LogP contribution in [-0.4, -0.2) is 26.0 Å². The Morgan fingerprint density at radius 2 is 1.80 bits per heavy atom. The predicted octanol–water partition coefficient (Wildman–Crippen LogP) is 2.48. The normalized spacial score (nSPS) is 28.2. The van der Waals surface area contributed by atoms with Crippen LogP contribution < -0.4 is 5.32 Å². The van der Waals surface area contributed by atoms with E-state index in [2.05, 4.69) is 43.4 Å². The highest BCUT2D eigenvalue weighted by molar-refractivity contribution is 7.91. The van der Waals surface area contributed by atoms with E-state index < -0.39 is 9.84 Å².